The average molecular weight is 410 g/mol. The number of alkyl halides is 3. The van der Waals surface area contributed by atoms with Gasteiger partial charge in [-0.05, 0) is 24.6 Å². The molecule has 2 aromatic rings. The molecule has 2 heterocycles. The fourth-order valence-corrected chi connectivity index (χ4v) is 2.18. The first-order chi connectivity index (χ1) is 13.5. The molecule has 0 aliphatic rings. The molecule has 0 radical (unpaired) electrons. The fraction of sp³-hybridized carbons (Fsp3) is 0.368. The third-order valence-corrected chi connectivity index (χ3v) is 3.63. The van der Waals surface area contributed by atoms with Gasteiger partial charge in [0.1, 0.15) is 5.82 Å². The van der Waals surface area contributed by atoms with Gasteiger partial charge in [-0.25, -0.2) is 9.97 Å². The molecular formula is C19H21F3N4O3. The fourth-order valence-electron chi connectivity index (χ4n) is 2.18. The highest BCUT2D eigenvalue weighted by atomic mass is 19.4. The molecule has 0 saturated heterocycles. The van der Waals surface area contributed by atoms with Crippen LogP contribution in [0.15, 0.2) is 30.5 Å². The zero-order chi connectivity index (χ0) is 21.6. The van der Waals surface area contributed by atoms with E-state index in [4.69, 9.17) is 0 Å². The van der Waals surface area contributed by atoms with E-state index in [2.05, 4.69) is 25.3 Å². The Balaban J connectivity index is 1.96. The third kappa shape index (κ3) is 7.40. The van der Waals surface area contributed by atoms with Crippen LogP contribution < -0.4 is 15.4 Å². The minimum absolute atomic E-state index is 0.112. The van der Waals surface area contributed by atoms with Crippen LogP contribution in [0.25, 0.3) is 0 Å². The second kappa shape index (κ2) is 9.35. The first kappa shape index (κ1) is 22.1. The number of aromatic nitrogens is 2. The molecule has 0 aliphatic carbocycles. The summed E-state index contributed by atoms with van der Waals surface area (Å²) in [6, 6.07) is 5.84. The third-order valence-electron chi connectivity index (χ3n) is 3.63. The first-order valence-electron chi connectivity index (χ1n) is 8.76. The van der Waals surface area contributed by atoms with Gasteiger partial charge >= 0.3 is 6.18 Å². The van der Waals surface area contributed by atoms with Gasteiger partial charge in [-0.2, -0.15) is 13.2 Å². The molecule has 2 amide bonds. The summed E-state index contributed by atoms with van der Waals surface area (Å²) >= 11 is 0. The Hall–Kier alpha value is -3.17. The molecule has 0 aliphatic heterocycles. The highest BCUT2D eigenvalue weighted by molar-refractivity contribution is 5.97. The van der Waals surface area contributed by atoms with Gasteiger partial charge in [0, 0.05) is 36.0 Å². The Kier molecular flexibility index (Phi) is 7.13. The number of hydrogen-bond acceptors (Lipinski definition) is 5. The summed E-state index contributed by atoms with van der Waals surface area (Å²) in [5.74, 6) is -0.721. The zero-order valence-corrected chi connectivity index (χ0v) is 16.1. The van der Waals surface area contributed by atoms with Gasteiger partial charge in [0.2, 0.25) is 11.8 Å². The van der Waals surface area contributed by atoms with E-state index in [1.165, 1.54) is 24.4 Å². The zero-order valence-electron chi connectivity index (χ0n) is 16.1. The summed E-state index contributed by atoms with van der Waals surface area (Å²) in [4.78, 5) is 32.2. The van der Waals surface area contributed by atoms with Crippen molar-refractivity contribution in [3.8, 4) is 5.88 Å². The molecule has 0 atom stereocenters. The molecule has 0 bridgehead atoms. The van der Waals surface area contributed by atoms with E-state index in [0.29, 0.717) is 16.8 Å². The van der Waals surface area contributed by atoms with Crippen LogP contribution in [0.3, 0.4) is 0 Å². The van der Waals surface area contributed by atoms with E-state index in [1.54, 1.807) is 26.8 Å². The van der Waals surface area contributed by atoms with Gasteiger partial charge in [0.15, 0.2) is 6.61 Å². The predicted molar refractivity (Wildman–Crippen MR) is 99.4 cm³/mol. The number of aryl methyl sites for hydroxylation is 1. The van der Waals surface area contributed by atoms with Crippen molar-refractivity contribution in [1.82, 2.24) is 15.3 Å². The summed E-state index contributed by atoms with van der Waals surface area (Å²) in [5.41, 5.74) is 1.45. The number of ether oxygens (including phenoxy) is 1. The van der Waals surface area contributed by atoms with Crippen LogP contribution in [-0.2, 0) is 11.3 Å². The van der Waals surface area contributed by atoms with Crippen LogP contribution in [0.5, 0.6) is 5.88 Å². The van der Waals surface area contributed by atoms with Crippen LogP contribution >= 0.6 is 0 Å². The monoisotopic (exact) mass is 410 g/mol. The number of rotatable bonds is 7. The number of nitrogens with one attached hydrogen (secondary N) is 2. The van der Waals surface area contributed by atoms with Gasteiger partial charge in [-0.15, -0.1) is 0 Å². The number of halogens is 3. The van der Waals surface area contributed by atoms with Crippen molar-refractivity contribution in [2.45, 2.75) is 33.5 Å². The Morgan fingerprint density at radius 2 is 1.93 bits per heavy atom. The lowest BCUT2D eigenvalue weighted by Gasteiger charge is -2.11. The van der Waals surface area contributed by atoms with E-state index in [0.717, 1.165) is 0 Å². The van der Waals surface area contributed by atoms with Crippen LogP contribution in [0.2, 0.25) is 0 Å². The van der Waals surface area contributed by atoms with Crippen molar-refractivity contribution in [3.63, 3.8) is 0 Å². The number of carbonyl (C=O) groups excluding carboxylic acids is 2. The highest BCUT2D eigenvalue weighted by Gasteiger charge is 2.28. The topological polar surface area (TPSA) is 93.2 Å². The quantitative estimate of drug-likeness (QED) is 0.731. The maximum atomic E-state index is 12.4. The normalized spacial score (nSPS) is 11.3. The lowest BCUT2D eigenvalue weighted by Crippen LogP contribution is -2.24. The molecule has 156 valence electrons. The SMILES string of the molecule is Cc1cc(C(=O)NCc2ccc(OCC(F)(F)F)nc2)cc(NC(=O)C(C)C)n1. The van der Waals surface area contributed by atoms with E-state index in [-0.39, 0.29) is 30.1 Å². The van der Waals surface area contributed by atoms with Gasteiger partial charge in [-0.1, -0.05) is 19.9 Å². The summed E-state index contributed by atoms with van der Waals surface area (Å²) < 4.78 is 40.9. The maximum absolute atomic E-state index is 12.4. The Morgan fingerprint density at radius 1 is 1.21 bits per heavy atom. The Labute approximate surface area is 165 Å². The van der Waals surface area contributed by atoms with Crippen molar-refractivity contribution in [1.29, 1.82) is 0 Å². The Bertz CT molecular complexity index is 868. The molecule has 0 saturated carbocycles. The van der Waals surface area contributed by atoms with Gasteiger partial charge in [-0.3, -0.25) is 9.59 Å². The second-order valence-corrected chi connectivity index (χ2v) is 6.62. The average Bonchev–Trinajstić information content (AvgIpc) is 2.64. The summed E-state index contributed by atoms with van der Waals surface area (Å²) in [6.45, 7) is 3.87. The molecule has 2 aromatic heterocycles. The first-order valence-corrected chi connectivity index (χ1v) is 8.76. The lowest BCUT2D eigenvalue weighted by atomic mass is 10.2. The summed E-state index contributed by atoms with van der Waals surface area (Å²) in [5, 5.41) is 5.33. The molecule has 0 aromatic carbocycles. The molecule has 2 rings (SSSR count). The van der Waals surface area contributed by atoms with Crippen molar-refractivity contribution in [2.75, 3.05) is 11.9 Å². The van der Waals surface area contributed by atoms with Crippen LogP contribution in [0.1, 0.15) is 35.5 Å². The van der Waals surface area contributed by atoms with E-state index >= 15 is 0 Å². The van der Waals surface area contributed by atoms with Crippen molar-refractivity contribution >= 4 is 17.6 Å². The molecule has 0 unspecified atom stereocenters. The van der Waals surface area contributed by atoms with Crippen molar-refractivity contribution in [2.24, 2.45) is 5.92 Å². The smallest absolute Gasteiger partial charge is 0.422 e. The van der Waals surface area contributed by atoms with Crippen molar-refractivity contribution in [3.05, 3.63) is 47.3 Å². The molecule has 2 N–H and O–H groups in total. The molecular weight excluding hydrogens is 389 g/mol. The summed E-state index contributed by atoms with van der Waals surface area (Å²) in [6.07, 6.45) is -3.12. The van der Waals surface area contributed by atoms with E-state index in [9.17, 15) is 22.8 Å². The minimum Gasteiger partial charge on any atom is -0.468 e. The molecule has 29 heavy (non-hydrogen) atoms. The van der Waals surface area contributed by atoms with Gasteiger partial charge in [0.25, 0.3) is 5.91 Å². The van der Waals surface area contributed by atoms with Crippen molar-refractivity contribution < 1.29 is 27.5 Å². The van der Waals surface area contributed by atoms with Gasteiger partial charge in [0.05, 0.1) is 0 Å². The summed E-state index contributed by atoms with van der Waals surface area (Å²) in [7, 11) is 0. The lowest BCUT2D eigenvalue weighted by molar-refractivity contribution is -0.154. The van der Waals surface area contributed by atoms with Crippen LogP contribution in [0, 0.1) is 12.8 Å². The number of nitrogens with zero attached hydrogens (tertiary/aromatic N) is 2. The Morgan fingerprint density at radius 3 is 2.52 bits per heavy atom. The number of pyridine rings is 2. The highest BCUT2D eigenvalue weighted by Crippen LogP contribution is 2.17. The van der Waals surface area contributed by atoms with Crippen LogP contribution in [0.4, 0.5) is 19.0 Å². The largest absolute Gasteiger partial charge is 0.468 e. The van der Waals surface area contributed by atoms with E-state index in [1.807, 2.05) is 0 Å². The standard InChI is InChI=1S/C19H21F3N4O3/c1-11(2)17(27)26-15-7-14(6-12(3)25-15)18(28)24-9-13-4-5-16(23-8-13)29-10-19(20,21)22/h4-8,11H,9-10H2,1-3H3,(H,24,28)(H,25,26,27). The molecule has 7 nitrogen and oxygen atoms in total. The van der Waals surface area contributed by atoms with E-state index < -0.39 is 18.7 Å². The number of carbonyl (C=O) groups is 2. The number of anilines is 1. The number of amides is 2. The second-order valence-electron chi connectivity index (χ2n) is 6.62. The number of hydrogen-bond donors (Lipinski definition) is 2. The molecule has 0 fully saturated rings. The molecule has 0 spiro atoms. The van der Waals surface area contributed by atoms with Crippen LogP contribution in [-0.4, -0.2) is 34.6 Å². The predicted octanol–water partition coefficient (Wildman–Crippen LogP) is 3.25. The molecule has 10 heteroatoms. The maximum Gasteiger partial charge on any atom is 0.422 e. The van der Waals surface area contributed by atoms with Gasteiger partial charge < -0.3 is 15.4 Å². The minimum atomic E-state index is -4.44.